The van der Waals surface area contributed by atoms with Crippen molar-refractivity contribution in [1.82, 2.24) is 15.5 Å². The average molecular weight is 335 g/mol. The summed E-state index contributed by atoms with van der Waals surface area (Å²) in [6.45, 7) is 0.367. The number of aromatic nitrogens is 2. The van der Waals surface area contributed by atoms with Crippen LogP contribution in [0.1, 0.15) is 15.5 Å². The van der Waals surface area contributed by atoms with Gasteiger partial charge in [-0.05, 0) is 12.1 Å². The molecular weight excluding hydrogens is 322 g/mol. The van der Waals surface area contributed by atoms with Crippen LogP contribution in [0, 0.1) is 0 Å². The molecule has 2 aromatic heterocycles. The Morgan fingerprint density at radius 1 is 1.08 bits per heavy atom. The van der Waals surface area contributed by atoms with Crippen LogP contribution in [0.3, 0.4) is 0 Å². The number of carbonyl (C=O) groups excluding carboxylic acids is 1. The minimum atomic E-state index is -0.278. The van der Waals surface area contributed by atoms with E-state index in [1.165, 1.54) is 0 Å². The molecule has 2 heterocycles. The van der Waals surface area contributed by atoms with Crippen LogP contribution in [0.2, 0.25) is 0 Å². The van der Waals surface area contributed by atoms with Gasteiger partial charge >= 0.3 is 0 Å². The summed E-state index contributed by atoms with van der Waals surface area (Å²) >= 11 is 1.57. The Bertz CT molecular complexity index is 959. The third kappa shape index (κ3) is 2.91. The highest BCUT2D eigenvalue weighted by Crippen LogP contribution is 2.22. The van der Waals surface area contributed by atoms with Gasteiger partial charge in [0.25, 0.3) is 5.91 Å². The van der Waals surface area contributed by atoms with Gasteiger partial charge in [-0.1, -0.05) is 47.6 Å². The van der Waals surface area contributed by atoms with Gasteiger partial charge in [-0.3, -0.25) is 4.79 Å². The van der Waals surface area contributed by atoms with E-state index in [0.717, 1.165) is 20.8 Å². The minimum Gasteiger partial charge on any atom is -0.355 e. The topological polar surface area (TPSA) is 68.0 Å². The average Bonchev–Trinajstić information content (AvgIpc) is 3.27. The maximum atomic E-state index is 12.2. The molecule has 1 amide bonds. The van der Waals surface area contributed by atoms with Crippen molar-refractivity contribution in [1.29, 1.82) is 0 Å². The fraction of sp³-hybridized carbons (Fsp3) is 0.0556. The van der Waals surface area contributed by atoms with E-state index in [1.54, 1.807) is 17.4 Å². The number of nitrogens with zero attached hydrogens (tertiary/aromatic N) is 2. The van der Waals surface area contributed by atoms with E-state index in [9.17, 15) is 4.79 Å². The second kappa shape index (κ2) is 6.25. The van der Waals surface area contributed by atoms with Gasteiger partial charge in [-0.15, -0.1) is 11.3 Å². The molecule has 0 saturated carbocycles. The molecule has 5 nitrogen and oxygen atoms in total. The smallest absolute Gasteiger partial charge is 0.273 e. The van der Waals surface area contributed by atoms with Crippen LogP contribution < -0.4 is 5.32 Å². The first-order valence-corrected chi connectivity index (χ1v) is 8.26. The van der Waals surface area contributed by atoms with Crippen LogP contribution in [0.5, 0.6) is 0 Å². The van der Waals surface area contributed by atoms with Gasteiger partial charge in [-0.25, -0.2) is 4.98 Å². The fourth-order valence-corrected chi connectivity index (χ4v) is 3.27. The molecule has 2 aromatic carbocycles. The second-order valence-electron chi connectivity index (χ2n) is 5.20. The predicted molar refractivity (Wildman–Crippen MR) is 92.7 cm³/mol. The predicted octanol–water partition coefficient (Wildman–Crippen LogP) is 3.88. The number of carbonyl (C=O) groups is 1. The van der Waals surface area contributed by atoms with Crippen LogP contribution in [-0.4, -0.2) is 16.0 Å². The highest BCUT2D eigenvalue weighted by Gasteiger charge is 2.14. The van der Waals surface area contributed by atoms with E-state index in [1.807, 2.05) is 54.6 Å². The molecule has 0 radical (unpaired) electrons. The van der Waals surface area contributed by atoms with E-state index < -0.39 is 0 Å². The standard InChI is InChI=1S/C18H13N3O2S/c22-18(14-10-15(23-21-14)12-6-2-1-3-7-12)19-11-17-20-13-8-4-5-9-16(13)24-17/h1-10H,11H2,(H,19,22). The summed E-state index contributed by atoms with van der Waals surface area (Å²) < 4.78 is 6.35. The van der Waals surface area contributed by atoms with Crippen molar-refractivity contribution in [2.75, 3.05) is 0 Å². The molecule has 0 atom stereocenters. The molecule has 0 aliphatic heterocycles. The Morgan fingerprint density at radius 3 is 2.71 bits per heavy atom. The molecule has 24 heavy (non-hydrogen) atoms. The lowest BCUT2D eigenvalue weighted by molar-refractivity contribution is 0.0942. The van der Waals surface area contributed by atoms with E-state index in [2.05, 4.69) is 15.5 Å². The summed E-state index contributed by atoms with van der Waals surface area (Å²) in [6.07, 6.45) is 0. The van der Waals surface area contributed by atoms with Crippen LogP contribution in [-0.2, 0) is 6.54 Å². The Balaban J connectivity index is 1.45. The fourth-order valence-electron chi connectivity index (χ4n) is 2.36. The van der Waals surface area contributed by atoms with E-state index in [-0.39, 0.29) is 11.6 Å². The van der Waals surface area contributed by atoms with Gasteiger partial charge in [0.05, 0.1) is 16.8 Å². The first kappa shape index (κ1) is 14.6. The van der Waals surface area contributed by atoms with Crippen molar-refractivity contribution in [2.45, 2.75) is 6.54 Å². The van der Waals surface area contributed by atoms with E-state index >= 15 is 0 Å². The molecule has 0 spiro atoms. The Morgan fingerprint density at radius 2 is 1.88 bits per heavy atom. The Kier molecular flexibility index (Phi) is 3.80. The monoisotopic (exact) mass is 335 g/mol. The first-order valence-electron chi connectivity index (χ1n) is 7.44. The largest absolute Gasteiger partial charge is 0.355 e. The van der Waals surface area contributed by atoms with Gasteiger partial charge in [0, 0.05) is 11.6 Å². The summed E-state index contributed by atoms with van der Waals surface area (Å²) in [4.78, 5) is 16.7. The number of para-hydroxylation sites is 1. The van der Waals surface area contributed by atoms with E-state index in [0.29, 0.717) is 12.3 Å². The quantitative estimate of drug-likeness (QED) is 0.614. The summed E-state index contributed by atoms with van der Waals surface area (Å²) in [5.41, 5.74) is 2.09. The Labute approximate surface area is 141 Å². The van der Waals surface area contributed by atoms with Crippen molar-refractivity contribution in [3.63, 3.8) is 0 Å². The lowest BCUT2D eigenvalue weighted by Crippen LogP contribution is -2.22. The molecule has 0 bridgehead atoms. The number of hydrogen-bond donors (Lipinski definition) is 1. The van der Waals surface area contributed by atoms with Gasteiger partial charge in [0.2, 0.25) is 0 Å². The number of fused-ring (bicyclic) bond motifs is 1. The summed E-state index contributed by atoms with van der Waals surface area (Å²) in [5.74, 6) is 0.293. The third-order valence-corrected chi connectivity index (χ3v) is 4.58. The number of rotatable bonds is 4. The van der Waals surface area contributed by atoms with Crippen LogP contribution in [0.4, 0.5) is 0 Å². The SMILES string of the molecule is O=C(NCc1nc2ccccc2s1)c1cc(-c2ccccc2)on1. The second-order valence-corrected chi connectivity index (χ2v) is 6.32. The maximum absolute atomic E-state index is 12.2. The minimum absolute atomic E-state index is 0.259. The lowest BCUT2D eigenvalue weighted by Gasteiger charge is -1.98. The summed E-state index contributed by atoms with van der Waals surface area (Å²) in [6, 6.07) is 19.1. The molecule has 1 N–H and O–H groups in total. The molecule has 4 rings (SSSR count). The molecule has 118 valence electrons. The highest BCUT2D eigenvalue weighted by atomic mass is 32.1. The zero-order valence-electron chi connectivity index (χ0n) is 12.6. The van der Waals surface area contributed by atoms with Crippen molar-refractivity contribution < 1.29 is 9.32 Å². The molecule has 6 heteroatoms. The van der Waals surface area contributed by atoms with Crippen LogP contribution in [0.15, 0.2) is 65.2 Å². The molecule has 4 aromatic rings. The molecular formula is C18H13N3O2S. The third-order valence-electron chi connectivity index (χ3n) is 3.54. The number of benzene rings is 2. The van der Waals surface area contributed by atoms with Crippen molar-refractivity contribution >= 4 is 27.5 Å². The van der Waals surface area contributed by atoms with Gasteiger partial charge < -0.3 is 9.84 Å². The molecule has 0 saturated heterocycles. The molecule has 0 aliphatic rings. The number of hydrogen-bond acceptors (Lipinski definition) is 5. The van der Waals surface area contributed by atoms with E-state index in [4.69, 9.17) is 4.52 Å². The Hall–Kier alpha value is -2.99. The number of nitrogens with one attached hydrogen (secondary N) is 1. The van der Waals surface area contributed by atoms with Crippen molar-refractivity contribution in [3.05, 3.63) is 71.4 Å². The normalized spacial score (nSPS) is 10.8. The van der Waals surface area contributed by atoms with Crippen LogP contribution in [0.25, 0.3) is 21.5 Å². The van der Waals surface area contributed by atoms with Gasteiger partial charge in [-0.2, -0.15) is 0 Å². The van der Waals surface area contributed by atoms with Crippen LogP contribution >= 0.6 is 11.3 Å². The zero-order chi connectivity index (χ0) is 16.4. The van der Waals surface area contributed by atoms with Crippen molar-refractivity contribution in [3.8, 4) is 11.3 Å². The highest BCUT2D eigenvalue weighted by molar-refractivity contribution is 7.18. The summed E-state index contributed by atoms with van der Waals surface area (Å²) in [7, 11) is 0. The van der Waals surface area contributed by atoms with Gasteiger partial charge in [0.1, 0.15) is 5.01 Å². The summed E-state index contributed by atoms with van der Waals surface area (Å²) in [5, 5.41) is 7.53. The zero-order valence-corrected chi connectivity index (χ0v) is 13.4. The number of thiazole rings is 1. The van der Waals surface area contributed by atoms with Gasteiger partial charge in [0.15, 0.2) is 11.5 Å². The number of amides is 1. The maximum Gasteiger partial charge on any atom is 0.273 e. The molecule has 0 aliphatic carbocycles. The molecule has 0 unspecified atom stereocenters. The first-order chi connectivity index (χ1) is 11.8. The molecule has 0 fully saturated rings. The lowest BCUT2D eigenvalue weighted by atomic mass is 10.1. The van der Waals surface area contributed by atoms with Crippen molar-refractivity contribution in [2.24, 2.45) is 0 Å².